The third-order valence-electron chi connectivity index (χ3n) is 5.24. The van der Waals surface area contributed by atoms with Crippen molar-refractivity contribution in [1.29, 1.82) is 10.7 Å². The molecule has 0 heterocycles. The van der Waals surface area contributed by atoms with Gasteiger partial charge in [0.1, 0.15) is 0 Å². The van der Waals surface area contributed by atoms with Crippen LogP contribution in [0, 0.1) is 22.7 Å². The van der Waals surface area contributed by atoms with Crippen LogP contribution in [0.1, 0.15) is 42.5 Å². The Morgan fingerprint density at radius 3 is 2.54 bits per heavy atom. The second kappa shape index (κ2) is 6.45. The molecule has 2 atom stereocenters. The first kappa shape index (κ1) is 16.2. The van der Waals surface area contributed by atoms with Crippen molar-refractivity contribution in [2.24, 2.45) is 5.92 Å². The van der Waals surface area contributed by atoms with Crippen LogP contribution in [0.4, 0.5) is 0 Å². The molecule has 1 fully saturated rings. The minimum Gasteiger partial charge on any atom is -0.300 e. The van der Waals surface area contributed by atoms with Crippen LogP contribution in [0.2, 0.25) is 0 Å². The molecule has 0 amide bonds. The zero-order valence-corrected chi connectivity index (χ0v) is 14.2. The van der Waals surface area contributed by atoms with E-state index in [-0.39, 0.29) is 0 Å². The molecule has 0 radical (unpaired) electrons. The van der Waals surface area contributed by atoms with E-state index in [0.29, 0.717) is 16.7 Å². The van der Waals surface area contributed by atoms with Crippen LogP contribution in [0.25, 0.3) is 0 Å². The molecule has 2 unspecified atom stereocenters. The van der Waals surface area contributed by atoms with Gasteiger partial charge >= 0.3 is 0 Å². The van der Waals surface area contributed by atoms with Crippen LogP contribution < -0.4 is 0 Å². The minimum absolute atomic E-state index is 0.324. The molecule has 0 bridgehead atoms. The van der Waals surface area contributed by atoms with Crippen LogP contribution in [0.5, 0.6) is 0 Å². The van der Waals surface area contributed by atoms with Crippen molar-refractivity contribution in [2.75, 3.05) is 0 Å². The van der Waals surface area contributed by atoms with E-state index in [2.05, 4.69) is 50.3 Å². The van der Waals surface area contributed by atoms with Gasteiger partial charge in [-0.15, -0.1) is 0 Å². The molecule has 120 valence electrons. The van der Waals surface area contributed by atoms with Gasteiger partial charge in [-0.05, 0) is 59.1 Å². The predicted octanol–water partition coefficient (Wildman–Crippen LogP) is 5.02. The molecule has 3 rings (SSSR count). The Hall–Kier alpha value is -2.66. The molecule has 1 aliphatic rings. The summed E-state index contributed by atoms with van der Waals surface area (Å²) in [5.41, 5.74) is 5.06. The Morgan fingerprint density at radius 2 is 1.92 bits per heavy atom. The molecule has 0 saturated heterocycles. The molecule has 0 aromatic heterocycles. The van der Waals surface area contributed by atoms with Crippen LogP contribution in [-0.2, 0) is 11.8 Å². The lowest BCUT2D eigenvalue weighted by Crippen LogP contribution is -2.07. The summed E-state index contributed by atoms with van der Waals surface area (Å²) in [5, 5.41) is 17.0. The average Bonchev–Trinajstić information content (AvgIpc) is 3.23. The highest BCUT2D eigenvalue weighted by Gasteiger charge is 2.48. The van der Waals surface area contributed by atoms with Crippen LogP contribution in [0.15, 0.2) is 60.7 Å². The summed E-state index contributed by atoms with van der Waals surface area (Å²) < 4.78 is 0. The lowest BCUT2D eigenvalue weighted by atomic mass is 9.90. The van der Waals surface area contributed by atoms with E-state index in [1.54, 1.807) is 12.1 Å². The second-order valence-corrected chi connectivity index (χ2v) is 6.89. The second-order valence-electron chi connectivity index (χ2n) is 6.89. The number of nitrogens with zero attached hydrogens (tertiary/aromatic N) is 1. The van der Waals surface area contributed by atoms with E-state index >= 15 is 0 Å². The Balaban J connectivity index is 1.71. The SMILES string of the molecule is CC1CC1(C)c1ccccc1C/C=C\C(=N)c1ccc(C#N)cc1. The van der Waals surface area contributed by atoms with E-state index in [9.17, 15) is 0 Å². The zero-order chi connectivity index (χ0) is 17.2. The monoisotopic (exact) mass is 314 g/mol. The number of hydrogen-bond donors (Lipinski definition) is 1. The van der Waals surface area contributed by atoms with Gasteiger partial charge in [0, 0.05) is 0 Å². The smallest absolute Gasteiger partial charge is 0.0991 e. The molecule has 2 aromatic rings. The molecule has 0 spiro atoms. The normalized spacial score (nSPS) is 22.3. The number of nitriles is 1. The molecule has 1 saturated carbocycles. The van der Waals surface area contributed by atoms with Gasteiger partial charge in [-0.25, -0.2) is 0 Å². The number of rotatable bonds is 5. The third kappa shape index (κ3) is 3.16. The van der Waals surface area contributed by atoms with Gasteiger partial charge in [-0.1, -0.05) is 56.3 Å². The molecule has 24 heavy (non-hydrogen) atoms. The molecule has 0 aliphatic heterocycles. The topological polar surface area (TPSA) is 47.6 Å². The highest BCUT2D eigenvalue weighted by molar-refractivity contribution is 6.06. The maximum absolute atomic E-state index is 8.83. The maximum Gasteiger partial charge on any atom is 0.0991 e. The number of hydrogen-bond acceptors (Lipinski definition) is 2. The Kier molecular flexibility index (Phi) is 4.36. The van der Waals surface area contributed by atoms with Crippen molar-refractivity contribution in [3.05, 3.63) is 82.9 Å². The summed E-state index contributed by atoms with van der Waals surface area (Å²) in [6, 6.07) is 17.9. The first-order chi connectivity index (χ1) is 11.5. The lowest BCUT2D eigenvalue weighted by molar-refractivity contribution is 0.694. The number of benzene rings is 2. The first-order valence-electron chi connectivity index (χ1n) is 8.38. The third-order valence-corrected chi connectivity index (χ3v) is 5.24. The Morgan fingerprint density at radius 1 is 1.25 bits per heavy atom. The van der Waals surface area contributed by atoms with E-state index in [4.69, 9.17) is 10.7 Å². The fraction of sp³-hybridized carbons (Fsp3) is 0.273. The van der Waals surface area contributed by atoms with E-state index in [0.717, 1.165) is 17.9 Å². The highest BCUT2D eigenvalue weighted by Crippen LogP contribution is 2.54. The average molecular weight is 314 g/mol. The van der Waals surface area contributed by atoms with Crippen molar-refractivity contribution >= 4 is 5.71 Å². The van der Waals surface area contributed by atoms with E-state index in [1.165, 1.54) is 17.5 Å². The Bertz CT molecular complexity index is 824. The summed E-state index contributed by atoms with van der Waals surface area (Å²) >= 11 is 0. The Labute approximate surface area is 144 Å². The molecular weight excluding hydrogens is 292 g/mol. The van der Waals surface area contributed by atoms with Gasteiger partial charge in [0.05, 0.1) is 17.3 Å². The maximum atomic E-state index is 8.83. The highest BCUT2D eigenvalue weighted by atomic mass is 14.5. The van der Waals surface area contributed by atoms with Crippen LogP contribution in [0.3, 0.4) is 0 Å². The van der Waals surface area contributed by atoms with Crippen molar-refractivity contribution < 1.29 is 0 Å². The van der Waals surface area contributed by atoms with E-state index in [1.807, 2.05) is 18.2 Å². The number of nitrogens with one attached hydrogen (secondary N) is 1. The minimum atomic E-state index is 0.324. The molecule has 2 nitrogen and oxygen atoms in total. The van der Waals surface area contributed by atoms with Crippen LogP contribution >= 0.6 is 0 Å². The van der Waals surface area contributed by atoms with Gasteiger partial charge in [0.25, 0.3) is 0 Å². The standard InChI is InChI=1S/C22H22N2/c1-16-14-22(16,2)20-8-4-3-6-18(20)7-5-9-21(24)19-12-10-17(15-23)11-13-19/h3-6,8-13,16,24H,7,14H2,1-2H3/b9-5-,24-21?. The predicted molar refractivity (Wildman–Crippen MR) is 98.4 cm³/mol. The van der Waals surface area contributed by atoms with Gasteiger partial charge in [0.2, 0.25) is 0 Å². The summed E-state index contributed by atoms with van der Waals surface area (Å²) in [6.07, 6.45) is 6.03. The summed E-state index contributed by atoms with van der Waals surface area (Å²) in [5.74, 6) is 0.750. The van der Waals surface area contributed by atoms with Crippen LogP contribution in [-0.4, -0.2) is 5.71 Å². The summed E-state index contributed by atoms with van der Waals surface area (Å²) in [7, 11) is 0. The molecule has 2 aromatic carbocycles. The molecule has 1 N–H and O–H groups in total. The van der Waals surface area contributed by atoms with Gasteiger partial charge in [0.15, 0.2) is 0 Å². The van der Waals surface area contributed by atoms with Crippen molar-refractivity contribution in [2.45, 2.75) is 32.1 Å². The van der Waals surface area contributed by atoms with Gasteiger partial charge in [-0.3, -0.25) is 0 Å². The molecular formula is C22H22N2. The van der Waals surface area contributed by atoms with Gasteiger partial charge in [-0.2, -0.15) is 5.26 Å². The fourth-order valence-electron chi connectivity index (χ4n) is 3.33. The number of allylic oxidation sites excluding steroid dienone is 2. The lowest BCUT2D eigenvalue weighted by Gasteiger charge is -2.15. The summed E-state index contributed by atoms with van der Waals surface area (Å²) in [4.78, 5) is 0. The first-order valence-corrected chi connectivity index (χ1v) is 8.38. The largest absolute Gasteiger partial charge is 0.300 e. The van der Waals surface area contributed by atoms with Crippen molar-refractivity contribution in [3.63, 3.8) is 0 Å². The molecule has 1 aliphatic carbocycles. The quantitative estimate of drug-likeness (QED) is 0.774. The van der Waals surface area contributed by atoms with Gasteiger partial charge < -0.3 is 5.41 Å². The van der Waals surface area contributed by atoms with Crippen molar-refractivity contribution in [1.82, 2.24) is 0 Å². The fourth-order valence-corrected chi connectivity index (χ4v) is 3.33. The summed E-state index contributed by atoms with van der Waals surface area (Å²) in [6.45, 7) is 4.66. The van der Waals surface area contributed by atoms with Crippen molar-refractivity contribution in [3.8, 4) is 6.07 Å². The molecule has 2 heteroatoms. The zero-order valence-electron chi connectivity index (χ0n) is 14.2. The van der Waals surface area contributed by atoms with E-state index < -0.39 is 0 Å².